The van der Waals surface area contributed by atoms with Crippen molar-refractivity contribution in [3.8, 4) is 0 Å². The molecule has 0 aliphatic heterocycles. The number of benzene rings is 1. The van der Waals surface area contributed by atoms with E-state index >= 15 is 0 Å². The number of nitrogens with zero attached hydrogens (tertiary/aromatic N) is 3. The highest BCUT2D eigenvalue weighted by molar-refractivity contribution is 5.62. The van der Waals surface area contributed by atoms with E-state index in [0.717, 1.165) is 28.5 Å². The first kappa shape index (κ1) is 17.5. The second kappa shape index (κ2) is 8.16. The van der Waals surface area contributed by atoms with Gasteiger partial charge < -0.3 is 10.6 Å². The van der Waals surface area contributed by atoms with E-state index in [1.54, 1.807) is 18.6 Å². The molecule has 1 fully saturated rings. The van der Waals surface area contributed by atoms with E-state index in [1.165, 1.54) is 37.7 Å². The Balaban J connectivity index is 1.38. The van der Waals surface area contributed by atoms with E-state index < -0.39 is 0 Å². The molecule has 4 rings (SSSR count). The summed E-state index contributed by atoms with van der Waals surface area (Å²) in [7, 11) is 0. The monoisotopic (exact) mass is 359 g/mol. The van der Waals surface area contributed by atoms with E-state index in [-0.39, 0.29) is 0 Å². The second-order valence-corrected chi connectivity index (χ2v) is 7.19. The molecule has 27 heavy (non-hydrogen) atoms. The molecule has 2 heterocycles. The highest BCUT2D eigenvalue weighted by Crippen LogP contribution is 2.33. The summed E-state index contributed by atoms with van der Waals surface area (Å²) in [6.45, 7) is 2.02. The first-order valence-electron chi connectivity index (χ1n) is 9.64. The Morgan fingerprint density at radius 2 is 1.56 bits per heavy atom. The Morgan fingerprint density at radius 1 is 0.815 bits per heavy atom. The first-order chi connectivity index (χ1) is 13.3. The molecule has 0 atom stereocenters. The van der Waals surface area contributed by atoms with Crippen LogP contribution in [0.3, 0.4) is 0 Å². The summed E-state index contributed by atoms with van der Waals surface area (Å²) in [5.74, 6) is 1.32. The van der Waals surface area contributed by atoms with E-state index in [9.17, 15) is 0 Å². The second-order valence-electron chi connectivity index (χ2n) is 7.19. The van der Waals surface area contributed by atoms with Crippen molar-refractivity contribution in [2.24, 2.45) is 0 Å². The number of pyridine rings is 1. The van der Waals surface area contributed by atoms with Crippen LogP contribution in [0, 0.1) is 6.92 Å². The van der Waals surface area contributed by atoms with Crippen LogP contribution in [0.5, 0.6) is 0 Å². The van der Waals surface area contributed by atoms with Crippen LogP contribution >= 0.6 is 0 Å². The molecule has 2 N–H and O–H groups in total. The van der Waals surface area contributed by atoms with Crippen LogP contribution in [0.2, 0.25) is 0 Å². The summed E-state index contributed by atoms with van der Waals surface area (Å²) in [5.41, 5.74) is 5.40. The van der Waals surface area contributed by atoms with E-state index in [4.69, 9.17) is 0 Å². The fraction of sp³-hybridized carbons (Fsp3) is 0.318. The van der Waals surface area contributed by atoms with Gasteiger partial charge in [-0.3, -0.25) is 4.98 Å². The van der Waals surface area contributed by atoms with Crippen LogP contribution in [0.4, 0.5) is 23.0 Å². The van der Waals surface area contributed by atoms with Crippen molar-refractivity contribution in [1.82, 2.24) is 15.0 Å². The highest BCUT2D eigenvalue weighted by atomic mass is 15.1. The van der Waals surface area contributed by atoms with Gasteiger partial charge in [-0.2, -0.15) is 0 Å². The first-order valence-corrected chi connectivity index (χ1v) is 9.64. The third-order valence-electron chi connectivity index (χ3n) is 5.19. The van der Waals surface area contributed by atoms with Gasteiger partial charge in [0.05, 0.1) is 18.1 Å². The third kappa shape index (κ3) is 4.42. The number of rotatable bonds is 5. The normalized spacial score (nSPS) is 14.7. The van der Waals surface area contributed by atoms with Gasteiger partial charge in [-0.1, -0.05) is 31.4 Å². The fourth-order valence-electron chi connectivity index (χ4n) is 3.63. The molecule has 0 radical (unpaired) electrons. The Morgan fingerprint density at radius 3 is 2.26 bits per heavy atom. The van der Waals surface area contributed by atoms with Crippen molar-refractivity contribution >= 4 is 23.0 Å². The molecule has 0 unspecified atom stereocenters. The van der Waals surface area contributed by atoms with Gasteiger partial charge >= 0.3 is 0 Å². The number of aryl methyl sites for hydroxylation is 1. The molecule has 5 heteroatoms. The van der Waals surface area contributed by atoms with Crippen molar-refractivity contribution < 1.29 is 0 Å². The molecule has 2 aromatic heterocycles. The van der Waals surface area contributed by atoms with E-state index in [2.05, 4.69) is 49.9 Å². The summed E-state index contributed by atoms with van der Waals surface area (Å²) in [6, 6.07) is 10.7. The Hall–Kier alpha value is -2.95. The molecule has 1 aromatic carbocycles. The van der Waals surface area contributed by atoms with Gasteiger partial charge in [0.1, 0.15) is 0 Å². The lowest BCUT2D eigenvalue weighted by atomic mass is 9.84. The average molecular weight is 359 g/mol. The number of hydrogen-bond acceptors (Lipinski definition) is 5. The van der Waals surface area contributed by atoms with Crippen LogP contribution in [-0.2, 0) is 0 Å². The molecular formula is C22H25N5. The topological polar surface area (TPSA) is 62.7 Å². The van der Waals surface area contributed by atoms with Gasteiger partial charge in [0.2, 0.25) is 5.95 Å². The third-order valence-corrected chi connectivity index (χ3v) is 5.19. The Labute approximate surface area is 160 Å². The number of anilines is 4. The summed E-state index contributed by atoms with van der Waals surface area (Å²) < 4.78 is 0. The SMILES string of the molecule is Cc1cnccc1Nc1cnc(Nc2ccc(C3CCCCC3)cc2)nc1. The summed E-state index contributed by atoms with van der Waals surface area (Å²) >= 11 is 0. The molecule has 1 saturated carbocycles. The van der Waals surface area contributed by atoms with Gasteiger partial charge in [0.25, 0.3) is 0 Å². The number of aromatic nitrogens is 3. The zero-order chi connectivity index (χ0) is 18.5. The fourth-order valence-corrected chi connectivity index (χ4v) is 3.63. The standard InChI is InChI=1S/C22H25N5/c1-16-13-23-12-11-21(16)26-20-14-24-22(25-15-20)27-19-9-7-18(8-10-19)17-5-3-2-4-6-17/h7-15,17H,2-6H2,1H3,(H,23,26)(H,24,25,27). The molecule has 138 valence electrons. The van der Waals surface area contributed by atoms with Crippen LogP contribution in [-0.4, -0.2) is 15.0 Å². The van der Waals surface area contributed by atoms with E-state index in [1.807, 2.05) is 19.2 Å². The quantitative estimate of drug-likeness (QED) is 0.610. The molecule has 0 bridgehead atoms. The molecule has 0 spiro atoms. The molecule has 1 aliphatic rings. The predicted molar refractivity (Wildman–Crippen MR) is 110 cm³/mol. The average Bonchev–Trinajstić information content (AvgIpc) is 2.72. The van der Waals surface area contributed by atoms with Crippen LogP contribution in [0.25, 0.3) is 0 Å². The van der Waals surface area contributed by atoms with Crippen LogP contribution in [0.15, 0.2) is 55.1 Å². The molecule has 1 aliphatic carbocycles. The maximum absolute atomic E-state index is 4.41. The Kier molecular flexibility index (Phi) is 5.28. The van der Waals surface area contributed by atoms with Gasteiger partial charge in [-0.25, -0.2) is 9.97 Å². The van der Waals surface area contributed by atoms with Crippen molar-refractivity contribution in [2.45, 2.75) is 44.9 Å². The van der Waals surface area contributed by atoms with Gasteiger partial charge in [0.15, 0.2) is 0 Å². The molecule has 0 amide bonds. The maximum atomic E-state index is 4.41. The maximum Gasteiger partial charge on any atom is 0.227 e. The minimum Gasteiger partial charge on any atom is -0.353 e. The number of hydrogen-bond donors (Lipinski definition) is 2. The van der Waals surface area contributed by atoms with E-state index in [0.29, 0.717) is 5.95 Å². The van der Waals surface area contributed by atoms with Crippen molar-refractivity contribution in [1.29, 1.82) is 0 Å². The largest absolute Gasteiger partial charge is 0.353 e. The zero-order valence-corrected chi connectivity index (χ0v) is 15.7. The lowest BCUT2D eigenvalue weighted by Gasteiger charge is -2.22. The molecule has 0 saturated heterocycles. The van der Waals surface area contributed by atoms with Crippen LogP contribution < -0.4 is 10.6 Å². The van der Waals surface area contributed by atoms with Gasteiger partial charge in [-0.15, -0.1) is 0 Å². The van der Waals surface area contributed by atoms with Gasteiger partial charge in [-0.05, 0) is 55.0 Å². The summed E-state index contributed by atoms with van der Waals surface area (Å²) in [6.07, 6.45) is 13.9. The smallest absolute Gasteiger partial charge is 0.227 e. The van der Waals surface area contributed by atoms with Crippen molar-refractivity contribution in [2.75, 3.05) is 10.6 Å². The minimum absolute atomic E-state index is 0.595. The molecule has 3 aromatic rings. The summed E-state index contributed by atoms with van der Waals surface area (Å²) in [4.78, 5) is 12.9. The lowest BCUT2D eigenvalue weighted by Crippen LogP contribution is -2.04. The van der Waals surface area contributed by atoms with Crippen LogP contribution in [0.1, 0.15) is 49.1 Å². The molecular weight excluding hydrogens is 334 g/mol. The summed E-state index contributed by atoms with van der Waals surface area (Å²) in [5, 5.41) is 6.59. The van der Waals surface area contributed by atoms with Gasteiger partial charge in [0, 0.05) is 23.8 Å². The lowest BCUT2D eigenvalue weighted by molar-refractivity contribution is 0.443. The Bertz CT molecular complexity index is 868. The predicted octanol–water partition coefficient (Wildman–Crippen LogP) is 5.71. The van der Waals surface area contributed by atoms with Crippen molar-refractivity contribution in [3.63, 3.8) is 0 Å². The molecule has 5 nitrogen and oxygen atoms in total. The van der Waals surface area contributed by atoms with Crippen molar-refractivity contribution in [3.05, 3.63) is 66.2 Å². The minimum atomic E-state index is 0.595. The number of nitrogens with one attached hydrogen (secondary N) is 2. The highest BCUT2D eigenvalue weighted by Gasteiger charge is 2.15. The zero-order valence-electron chi connectivity index (χ0n) is 15.7.